The molecule has 0 spiro atoms. The summed E-state index contributed by atoms with van der Waals surface area (Å²) >= 11 is 1.05. The quantitative estimate of drug-likeness (QED) is 0.367. The minimum absolute atomic E-state index is 0.0210. The second-order valence-corrected chi connectivity index (χ2v) is 9.38. The van der Waals surface area contributed by atoms with E-state index in [9.17, 15) is 22.8 Å². The van der Waals surface area contributed by atoms with E-state index in [0.29, 0.717) is 21.6 Å². The van der Waals surface area contributed by atoms with Crippen LogP contribution in [0.4, 0.5) is 13.2 Å². The lowest BCUT2D eigenvalue weighted by molar-refractivity contribution is -0.140. The second kappa shape index (κ2) is 10.0. The summed E-state index contributed by atoms with van der Waals surface area (Å²) in [4.78, 5) is 31.6. The molecule has 1 aliphatic heterocycles. The van der Waals surface area contributed by atoms with Gasteiger partial charge >= 0.3 is 5.97 Å². The third-order valence-electron chi connectivity index (χ3n) is 5.88. The Kier molecular flexibility index (Phi) is 6.62. The van der Waals surface area contributed by atoms with Crippen LogP contribution in [0.3, 0.4) is 0 Å². The van der Waals surface area contributed by atoms with E-state index in [1.54, 1.807) is 6.92 Å². The molecular weight excluding hydrogens is 501 g/mol. The van der Waals surface area contributed by atoms with Gasteiger partial charge in [0.25, 0.3) is 5.56 Å². The Morgan fingerprint density at radius 3 is 2.46 bits per heavy atom. The monoisotopic (exact) mass is 520 g/mol. The first-order valence-electron chi connectivity index (χ1n) is 11.3. The highest BCUT2D eigenvalue weighted by molar-refractivity contribution is 7.07. The molecule has 0 saturated heterocycles. The molecule has 1 atom stereocenters. The number of nitrogens with zero attached hydrogens (tertiary/aromatic N) is 2. The molecule has 0 N–H and O–H groups in total. The maximum absolute atomic E-state index is 13.7. The topological polar surface area (TPSA) is 60.7 Å². The van der Waals surface area contributed by atoms with E-state index in [1.165, 1.54) is 41.0 Å². The molecule has 0 fully saturated rings. The molecule has 1 aromatic heterocycles. The summed E-state index contributed by atoms with van der Waals surface area (Å²) in [5, 5.41) is 0. The highest BCUT2D eigenvalue weighted by Gasteiger charge is 2.33. The van der Waals surface area contributed by atoms with Crippen molar-refractivity contribution >= 4 is 23.4 Å². The van der Waals surface area contributed by atoms with Gasteiger partial charge in [-0.05, 0) is 54.0 Å². The number of ether oxygens (including phenoxy) is 1. The minimum Gasteiger partial charge on any atom is -0.457 e. The van der Waals surface area contributed by atoms with Crippen molar-refractivity contribution in [2.45, 2.75) is 19.6 Å². The van der Waals surface area contributed by atoms with Crippen molar-refractivity contribution in [3.8, 4) is 0 Å². The molecule has 0 amide bonds. The summed E-state index contributed by atoms with van der Waals surface area (Å²) in [5.41, 5.74) is 1.59. The average molecular weight is 521 g/mol. The summed E-state index contributed by atoms with van der Waals surface area (Å²) in [7, 11) is 0. The van der Waals surface area contributed by atoms with Gasteiger partial charge in [0.2, 0.25) is 0 Å². The van der Waals surface area contributed by atoms with Gasteiger partial charge in [-0.25, -0.2) is 23.0 Å². The van der Waals surface area contributed by atoms with Crippen LogP contribution in [0.2, 0.25) is 0 Å². The van der Waals surface area contributed by atoms with E-state index in [4.69, 9.17) is 4.74 Å². The zero-order chi connectivity index (χ0) is 26.1. The molecule has 2 heterocycles. The molecule has 1 aliphatic rings. The smallest absolute Gasteiger partial charge is 0.338 e. The van der Waals surface area contributed by atoms with E-state index in [1.807, 2.05) is 30.3 Å². The Morgan fingerprint density at radius 2 is 1.76 bits per heavy atom. The van der Waals surface area contributed by atoms with Crippen molar-refractivity contribution in [2.24, 2.45) is 4.99 Å². The molecule has 4 aromatic rings. The maximum atomic E-state index is 13.7. The summed E-state index contributed by atoms with van der Waals surface area (Å²) in [6, 6.07) is 17.0. The maximum Gasteiger partial charge on any atom is 0.338 e. The van der Waals surface area contributed by atoms with Crippen LogP contribution in [0, 0.1) is 17.5 Å². The van der Waals surface area contributed by atoms with Gasteiger partial charge in [0.1, 0.15) is 12.4 Å². The van der Waals surface area contributed by atoms with Gasteiger partial charge in [-0.15, -0.1) is 0 Å². The highest BCUT2D eigenvalue weighted by atomic mass is 32.1. The van der Waals surface area contributed by atoms with Crippen LogP contribution in [0.5, 0.6) is 0 Å². The summed E-state index contributed by atoms with van der Waals surface area (Å²) < 4.78 is 47.9. The van der Waals surface area contributed by atoms with Crippen LogP contribution < -0.4 is 14.9 Å². The summed E-state index contributed by atoms with van der Waals surface area (Å²) in [5.74, 6) is -3.16. The molecule has 5 nitrogen and oxygen atoms in total. The van der Waals surface area contributed by atoms with Crippen molar-refractivity contribution in [1.82, 2.24) is 4.57 Å². The number of carbonyl (C=O) groups is 1. The van der Waals surface area contributed by atoms with E-state index >= 15 is 0 Å². The number of aromatic nitrogens is 1. The lowest BCUT2D eigenvalue weighted by atomic mass is 9.96. The molecule has 0 bridgehead atoms. The van der Waals surface area contributed by atoms with Crippen molar-refractivity contribution in [3.63, 3.8) is 0 Å². The zero-order valence-corrected chi connectivity index (χ0v) is 20.3. The summed E-state index contributed by atoms with van der Waals surface area (Å²) in [6.07, 6.45) is 1.43. The van der Waals surface area contributed by atoms with E-state index in [-0.39, 0.29) is 16.7 Å². The second-order valence-electron chi connectivity index (χ2n) is 8.37. The fourth-order valence-corrected chi connectivity index (χ4v) is 5.14. The first-order chi connectivity index (χ1) is 17.8. The van der Waals surface area contributed by atoms with Crippen molar-refractivity contribution in [1.29, 1.82) is 0 Å². The van der Waals surface area contributed by atoms with Gasteiger partial charge in [0.15, 0.2) is 16.4 Å². The number of hydrogen-bond donors (Lipinski definition) is 0. The van der Waals surface area contributed by atoms with Crippen molar-refractivity contribution in [2.75, 3.05) is 0 Å². The number of rotatable bonds is 5. The molecule has 37 heavy (non-hydrogen) atoms. The SMILES string of the molecule is CC1=C(C(=O)OCc2ccccc2)C(c2ccc(F)cc2)n2c(s/c(=C/c3ccc(F)c(F)c3)c2=O)=N1. The molecule has 5 rings (SSSR count). The molecule has 3 aromatic carbocycles. The van der Waals surface area contributed by atoms with Gasteiger partial charge in [0.05, 0.1) is 21.8 Å². The van der Waals surface area contributed by atoms with Crippen LogP contribution in [0.1, 0.15) is 29.7 Å². The fraction of sp³-hybridized carbons (Fsp3) is 0.107. The van der Waals surface area contributed by atoms with Crippen LogP contribution in [-0.2, 0) is 16.1 Å². The largest absolute Gasteiger partial charge is 0.457 e. The summed E-state index contributed by atoms with van der Waals surface area (Å²) in [6.45, 7) is 1.66. The van der Waals surface area contributed by atoms with Gasteiger partial charge in [0, 0.05) is 0 Å². The van der Waals surface area contributed by atoms with Crippen LogP contribution >= 0.6 is 11.3 Å². The van der Waals surface area contributed by atoms with Crippen LogP contribution in [-0.4, -0.2) is 10.5 Å². The number of fused-ring (bicyclic) bond motifs is 1. The molecule has 0 saturated carbocycles. The van der Waals surface area contributed by atoms with E-state index in [0.717, 1.165) is 29.0 Å². The number of allylic oxidation sites excluding steroid dienone is 1. The Balaban J connectivity index is 1.62. The first-order valence-corrected chi connectivity index (χ1v) is 12.1. The predicted octanol–water partition coefficient (Wildman–Crippen LogP) is 4.40. The highest BCUT2D eigenvalue weighted by Crippen LogP contribution is 2.31. The first kappa shape index (κ1) is 24.5. The number of carbonyl (C=O) groups excluding carboxylic acids is 1. The average Bonchev–Trinajstić information content (AvgIpc) is 3.19. The lowest BCUT2D eigenvalue weighted by Gasteiger charge is -2.24. The number of esters is 1. The van der Waals surface area contributed by atoms with Gasteiger partial charge < -0.3 is 4.74 Å². The third kappa shape index (κ3) is 4.90. The minimum atomic E-state index is -1.04. The number of benzene rings is 3. The fourth-order valence-electron chi connectivity index (χ4n) is 4.10. The zero-order valence-electron chi connectivity index (χ0n) is 19.5. The normalized spacial score (nSPS) is 15.4. The Labute approximate surface area is 213 Å². The Morgan fingerprint density at radius 1 is 1.03 bits per heavy atom. The van der Waals surface area contributed by atoms with E-state index in [2.05, 4.69) is 4.99 Å². The molecule has 0 radical (unpaired) electrons. The molecule has 0 aliphatic carbocycles. The van der Waals surface area contributed by atoms with Gasteiger partial charge in [-0.3, -0.25) is 9.36 Å². The van der Waals surface area contributed by atoms with Crippen molar-refractivity contribution in [3.05, 3.63) is 138 Å². The van der Waals surface area contributed by atoms with Crippen molar-refractivity contribution < 1.29 is 22.7 Å². The van der Waals surface area contributed by atoms with E-state index < -0.39 is 35.0 Å². The Hall–Kier alpha value is -4.24. The van der Waals surface area contributed by atoms with Gasteiger partial charge in [-0.1, -0.05) is 59.9 Å². The number of thiazole rings is 1. The van der Waals surface area contributed by atoms with Crippen LogP contribution in [0.15, 0.2) is 93.9 Å². The van der Waals surface area contributed by atoms with Crippen LogP contribution in [0.25, 0.3) is 6.08 Å². The molecular formula is C28H19F3N2O3S. The molecule has 186 valence electrons. The predicted molar refractivity (Wildman–Crippen MR) is 133 cm³/mol. The molecule has 1 unspecified atom stereocenters. The number of hydrogen-bond acceptors (Lipinski definition) is 5. The number of halogens is 3. The standard InChI is InChI=1S/C28H19F3N2O3S/c1-16-24(27(35)36-15-17-5-3-2-4-6-17)25(19-8-10-20(29)11-9-19)33-26(34)23(37-28(33)32-16)14-18-7-12-21(30)22(31)13-18/h2-14,25H,15H2,1H3/b23-14+. The Bertz CT molecular complexity index is 1710. The third-order valence-corrected chi connectivity index (χ3v) is 6.86. The molecule has 9 heteroatoms. The lowest BCUT2D eigenvalue weighted by Crippen LogP contribution is -2.39. The van der Waals surface area contributed by atoms with Gasteiger partial charge in [-0.2, -0.15) is 0 Å².